The van der Waals surface area contributed by atoms with Crippen LogP contribution < -0.4 is 0 Å². The topological polar surface area (TPSA) is 26.0 Å². The number of rotatable bonds is 1. The van der Waals surface area contributed by atoms with E-state index in [4.69, 9.17) is 4.52 Å². The Labute approximate surface area is 66.6 Å². The molecular weight excluding hydrogens is 138 g/mol. The minimum atomic E-state index is 0.731. The van der Waals surface area contributed by atoms with Gasteiger partial charge in [-0.2, -0.15) is 0 Å². The smallest absolute Gasteiger partial charge is 0.127 e. The molecule has 0 amide bonds. The highest BCUT2D eigenvalue weighted by atomic mass is 16.5. The molecule has 0 unspecified atom stereocenters. The molecule has 60 valence electrons. The van der Waals surface area contributed by atoms with Crippen LogP contribution in [0.5, 0.6) is 0 Å². The molecule has 0 bridgehead atoms. The molecule has 1 aliphatic rings. The van der Waals surface area contributed by atoms with Gasteiger partial charge in [-0.3, -0.25) is 0 Å². The molecule has 1 aliphatic carbocycles. The third kappa shape index (κ3) is 1.44. The summed E-state index contributed by atoms with van der Waals surface area (Å²) in [5, 5.41) is 3.72. The number of hydrogen-bond donors (Lipinski definition) is 0. The average molecular weight is 151 g/mol. The summed E-state index contributed by atoms with van der Waals surface area (Å²) in [4.78, 5) is 0. The lowest BCUT2D eigenvalue weighted by Gasteiger charge is -2.19. The van der Waals surface area contributed by atoms with Crippen LogP contribution >= 0.6 is 0 Å². The second kappa shape index (κ2) is 3.07. The van der Waals surface area contributed by atoms with Crippen LogP contribution in [-0.4, -0.2) is 5.16 Å². The first-order chi connectivity index (χ1) is 5.47. The van der Waals surface area contributed by atoms with Gasteiger partial charge in [-0.1, -0.05) is 24.4 Å². The lowest BCUT2D eigenvalue weighted by Crippen LogP contribution is -2.02. The Morgan fingerprint density at radius 3 is 2.73 bits per heavy atom. The standard InChI is InChI=1S/C9H13NO/c1-2-4-8(5-3-1)9-6-10-11-7-9/h6-8H,1-5H2. The fourth-order valence-electron chi connectivity index (χ4n) is 1.85. The minimum Gasteiger partial charge on any atom is -0.364 e. The second-order valence-corrected chi connectivity index (χ2v) is 3.29. The van der Waals surface area contributed by atoms with Gasteiger partial charge in [-0.15, -0.1) is 0 Å². The summed E-state index contributed by atoms with van der Waals surface area (Å²) in [6, 6.07) is 0. The van der Waals surface area contributed by atoms with Crippen molar-refractivity contribution in [2.24, 2.45) is 0 Å². The van der Waals surface area contributed by atoms with Gasteiger partial charge in [0.1, 0.15) is 6.26 Å². The van der Waals surface area contributed by atoms with Crippen LogP contribution in [-0.2, 0) is 0 Å². The summed E-state index contributed by atoms with van der Waals surface area (Å²) in [7, 11) is 0. The van der Waals surface area contributed by atoms with Crippen LogP contribution in [0.1, 0.15) is 43.6 Å². The van der Waals surface area contributed by atoms with E-state index in [0.29, 0.717) is 0 Å². The van der Waals surface area contributed by atoms with Crippen LogP contribution in [0.4, 0.5) is 0 Å². The molecule has 2 heteroatoms. The Morgan fingerprint density at radius 1 is 1.27 bits per heavy atom. The molecule has 2 nitrogen and oxygen atoms in total. The maximum Gasteiger partial charge on any atom is 0.127 e. The molecule has 1 fully saturated rings. The Kier molecular flexibility index (Phi) is 1.93. The van der Waals surface area contributed by atoms with Crippen molar-refractivity contribution in [1.82, 2.24) is 5.16 Å². The van der Waals surface area contributed by atoms with Gasteiger partial charge >= 0.3 is 0 Å². The lowest BCUT2D eigenvalue weighted by molar-refractivity contribution is 0.411. The summed E-state index contributed by atoms with van der Waals surface area (Å²) in [6.07, 6.45) is 10.4. The van der Waals surface area contributed by atoms with Crippen LogP contribution in [0.3, 0.4) is 0 Å². The fraction of sp³-hybridized carbons (Fsp3) is 0.667. The molecule has 1 saturated carbocycles. The van der Waals surface area contributed by atoms with Crippen LogP contribution in [0.15, 0.2) is 17.0 Å². The van der Waals surface area contributed by atoms with Gasteiger partial charge in [-0.25, -0.2) is 0 Å². The third-order valence-corrected chi connectivity index (χ3v) is 2.53. The highest BCUT2D eigenvalue weighted by Gasteiger charge is 2.16. The molecule has 0 radical (unpaired) electrons. The summed E-state index contributed by atoms with van der Waals surface area (Å²) in [6.45, 7) is 0. The van der Waals surface area contributed by atoms with Gasteiger partial charge < -0.3 is 4.52 Å². The second-order valence-electron chi connectivity index (χ2n) is 3.29. The van der Waals surface area contributed by atoms with Crippen LogP contribution in [0, 0.1) is 0 Å². The molecule has 0 saturated heterocycles. The maximum atomic E-state index is 4.82. The molecule has 11 heavy (non-hydrogen) atoms. The van der Waals surface area contributed by atoms with Crippen molar-refractivity contribution in [1.29, 1.82) is 0 Å². The van der Waals surface area contributed by atoms with Crippen LogP contribution in [0.2, 0.25) is 0 Å². The predicted octanol–water partition coefficient (Wildman–Crippen LogP) is 2.72. The van der Waals surface area contributed by atoms with E-state index >= 15 is 0 Å². The quantitative estimate of drug-likeness (QED) is 0.616. The van der Waals surface area contributed by atoms with Crippen molar-refractivity contribution in [2.45, 2.75) is 38.0 Å². The molecule has 0 spiro atoms. The van der Waals surface area contributed by atoms with Crippen molar-refractivity contribution in [2.75, 3.05) is 0 Å². The normalized spacial score (nSPS) is 20.4. The lowest BCUT2D eigenvalue weighted by atomic mass is 9.86. The van der Waals surface area contributed by atoms with Gasteiger partial charge in [0.2, 0.25) is 0 Å². The molecule has 1 aromatic heterocycles. The van der Waals surface area contributed by atoms with E-state index in [1.54, 1.807) is 6.26 Å². The van der Waals surface area contributed by atoms with Gasteiger partial charge in [0.25, 0.3) is 0 Å². The zero-order chi connectivity index (χ0) is 7.52. The first-order valence-electron chi connectivity index (χ1n) is 4.36. The van der Waals surface area contributed by atoms with Crippen LogP contribution in [0.25, 0.3) is 0 Å². The molecule has 1 aromatic rings. The Morgan fingerprint density at radius 2 is 2.09 bits per heavy atom. The Balaban J connectivity index is 2.04. The predicted molar refractivity (Wildman–Crippen MR) is 42.3 cm³/mol. The first kappa shape index (κ1) is 6.89. The molecule has 2 rings (SSSR count). The summed E-state index contributed by atoms with van der Waals surface area (Å²) >= 11 is 0. The van der Waals surface area contributed by atoms with E-state index in [2.05, 4.69) is 5.16 Å². The molecule has 0 aliphatic heterocycles. The summed E-state index contributed by atoms with van der Waals surface area (Å²) in [5.74, 6) is 0.731. The molecule has 0 N–H and O–H groups in total. The van der Waals surface area contributed by atoms with E-state index in [1.165, 1.54) is 37.7 Å². The van der Waals surface area contributed by atoms with Gasteiger partial charge in [0.15, 0.2) is 0 Å². The first-order valence-corrected chi connectivity index (χ1v) is 4.36. The zero-order valence-corrected chi connectivity index (χ0v) is 6.62. The molecule has 0 atom stereocenters. The van der Waals surface area contributed by atoms with Crippen molar-refractivity contribution in [3.63, 3.8) is 0 Å². The van der Waals surface area contributed by atoms with E-state index < -0.39 is 0 Å². The zero-order valence-electron chi connectivity index (χ0n) is 6.62. The van der Waals surface area contributed by atoms with E-state index in [9.17, 15) is 0 Å². The van der Waals surface area contributed by atoms with Crippen molar-refractivity contribution in [3.8, 4) is 0 Å². The van der Waals surface area contributed by atoms with E-state index in [1.807, 2.05) is 6.20 Å². The van der Waals surface area contributed by atoms with Crippen molar-refractivity contribution >= 4 is 0 Å². The maximum absolute atomic E-state index is 4.82. The fourth-order valence-corrected chi connectivity index (χ4v) is 1.85. The molecule has 0 aromatic carbocycles. The minimum absolute atomic E-state index is 0.731. The van der Waals surface area contributed by atoms with Gasteiger partial charge in [-0.05, 0) is 18.8 Å². The number of nitrogens with zero attached hydrogens (tertiary/aromatic N) is 1. The highest BCUT2D eigenvalue weighted by molar-refractivity contribution is 5.08. The average Bonchev–Trinajstić information content (AvgIpc) is 2.58. The molecular formula is C9H13NO. The summed E-state index contributed by atoms with van der Waals surface area (Å²) in [5.41, 5.74) is 1.30. The van der Waals surface area contributed by atoms with E-state index in [-0.39, 0.29) is 0 Å². The Hall–Kier alpha value is -0.790. The monoisotopic (exact) mass is 151 g/mol. The van der Waals surface area contributed by atoms with Gasteiger partial charge in [0, 0.05) is 5.56 Å². The Bertz CT molecular complexity index is 199. The van der Waals surface area contributed by atoms with Crippen molar-refractivity contribution < 1.29 is 4.52 Å². The number of hydrogen-bond acceptors (Lipinski definition) is 2. The van der Waals surface area contributed by atoms with Crippen molar-refractivity contribution in [3.05, 3.63) is 18.0 Å². The number of aromatic nitrogens is 1. The highest BCUT2D eigenvalue weighted by Crippen LogP contribution is 2.31. The van der Waals surface area contributed by atoms with E-state index in [0.717, 1.165) is 5.92 Å². The molecule has 1 heterocycles. The third-order valence-electron chi connectivity index (χ3n) is 2.53. The summed E-state index contributed by atoms with van der Waals surface area (Å²) < 4.78 is 4.82. The largest absolute Gasteiger partial charge is 0.364 e. The van der Waals surface area contributed by atoms with Gasteiger partial charge in [0.05, 0.1) is 6.20 Å². The SMILES string of the molecule is c1nocc1C1CCCCC1.